The average Bonchev–Trinajstić information content (AvgIpc) is 3.05. The minimum absolute atomic E-state index is 1.05. The number of hydrogen-bond donors (Lipinski definition) is 0. The van der Waals surface area contributed by atoms with Gasteiger partial charge in [0.1, 0.15) is 17.0 Å². The Kier molecular flexibility index (Phi) is 2.41. The molecule has 0 spiro atoms. The molecule has 0 saturated carbocycles. The van der Waals surface area contributed by atoms with Crippen molar-refractivity contribution in [1.82, 2.24) is 15.0 Å². The third-order valence-corrected chi connectivity index (χ3v) is 4.73. The molecule has 1 saturated heterocycles. The maximum atomic E-state index is 4.52. The van der Waals surface area contributed by atoms with E-state index in [1.165, 1.54) is 23.1 Å². The molecular formula is C14H14N4S. The molecular weight excluding hydrogens is 256 g/mol. The van der Waals surface area contributed by atoms with E-state index in [-0.39, 0.29) is 0 Å². The van der Waals surface area contributed by atoms with Crippen LogP contribution in [-0.2, 0) is 0 Å². The van der Waals surface area contributed by atoms with E-state index in [4.69, 9.17) is 0 Å². The fourth-order valence-electron chi connectivity index (χ4n) is 2.71. The summed E-state index contributed by atoms with van der Waals surface area (Å²) >= 11 is 1.71. The number of hydrogen-bond acceptors (Lipinski definition) is 5. The number of rotatable bonds is 1. The molecule has 5 heteroatoms. The van der Waals surface area contributed by atoms with Gasteiger partial charge in [-0.2, -0.15) is 0 Å². The minimum Gasteiger partial charge on any atom is -0.355 e. The van der Waals surface area contributed by atoms with Crippen LogP contribution in [0.1, 0.15) is 18.4 Å². The SMILES string of the molecule is Cc1cnc2sc3c(N4CCCC4)ncnc3c2c1. The molecule has 0 bridgehead atoms. The molecule has 4 nitrogen and oxygen atoms in total. The molecule has 0 atom stereocenters. The molecule has 4 rings (SSSR count). The molecule has 3 aromatic rings. The molecule has 96 valence electrons. The molecule has 1 fully saturated rings. The highest BCUT2D eigenvalue weighted by atomic mass is 32.1. The van der Waals surface area contributed by atoms with Crippen LogP contribution in [0.15, 0.2) is 18.6 Å². The molecule has 0 aliphatic carbocycles. The van der Waals surface area contributed by atoms with Gasteiger partial charge in [-0.3, -0.25) is 0 Å². The van der Waals surface area contributed by atoms with Gasteiger partial charge < -0.3 is 4.90 Å². The maximum Gasteiger partial charge on any atom is 0.150 e. The smallest absolute Gasteiger partial charge is 0.150 e. The highest BCUT2D eigenvalue weighted by Crippen LogP contribution is 2.37. The Balaban J connectivity index is 2.02. The van der Waals surface area contributed by atoms with Crippen LogP contribution < -0.4 is 4.90 Å². The molecule has 19 heavy (non-hydrogen) atoms. The van der Waals surface area contributed by atoms with Gasteiger partial charge in [-0.15, -0.1) is 11.3 Å². The Hall–Kier alpha value is -1.75. The van der Waals surface area contributed by atoms with Crippen molar-refractivity contribution in [3.63, 3.8) is 0 Å². The normalized spacial score (nSPS) is 15.7. The lowest BCUT2D eigenvalue weighted by atomic mass is 10.2. The molecule has 3 aromatic heterocycles. The van der Waals surface area contributed by atoms with Crippen molar-refractivity contribution in [2.24, 2.45) is 0 Å². The van der Waals surface area contributed by atoms with Gasteiger partial charge in [0.2, 0.25) is 0 Å². The molecule has 0 aromatic carbocycles. The Bertz CT molecular complexity index is 759. The van der Waals surface area contributed by atoms with Crippen LogP contribution in [0.4, 0.5) is 5.82 Å². The zero-order chi connectivity index (χ0) is 12.8. The Morgan fingerprint density at radius 3 is 2.84 bits per heavy atom. The van der Waals surface area contributed by atoms with E-state index in [1.807, 2.05) is 6.20 Å². The summed E-state index contributed by atoms with van der Waals surface area (Å²) in [7, 11) is 0. The first kappa shape index (κ1) is 11.1. The van der Waals surface area contributed by atoms with Gasteiger partial charge in [-0.05, 0) is 31.4 Å². The van der Waals surface area contributed by atoms with Crippen molar-refractivity contribution in [3.8, 4) is 0 Å². The highest BCUT2D eigenvalue weighted by Gasteiger charge is 2.19. The van der Waals surface area contributed by atoms with Gasteiger partial charge in [-0.1, -0.05) is 0 Å². The first-order valence-corrected chi connectivity index (χ1v) is 7.39. The summed E-state index contributed by atoms with van der Waals surface area (Å²) in [5.74, 6) is 1.09. The monoisotopic (exact) mass is 270 g/mol. The van der Waals surface area contributed by atoms with E-state index in [2.05, 4.69) is 32.8 Å². The van der Waals surface area contributed by atoms with E-state index in [0.717, 1.165) is 34.6 Å². The number of anilines is 1. The molecule has 0 unspecified atom stereocenters. The molecule has 0 N–H and O–H groups in total. The van der Waals surface area contributed by atoms with Crippen LogP contribution in [0.25, 0.3) is 20.4 Å². The van der Waals surface area contributed by atoms with Gasteiger partial charge in [0.15, 0.2) is 0 Å². The summed E-state index contributed by atoms with van der Waals surface area (Å²) in [5.41, 5.74) is 2.22. The van der Waals surface area contributed by atoms with Crippen LogP contribution >= 0.6 is 11.3 Å². The van der Waals surface area contributed by atoms with Crippen LogP contribution in [-0.4, -0.2) is 28.0 Å². The number of aryl methyl sites for hydroxylation is 1. The van der Waals surface area contributed by atoms with Crippen molar-refractivity contribution in [1.29, 1.82) is 0 Å². The van der Waals surface area contributed by atoms with Crippen molar-refractivity contribution >= 4 is 37.6 Å². The largest absolute Gasteiger partial charge is 0.355 e. The lowest BCUT2D eigenvalue weighted by Gasteiger charge is -2.16. The van der Waals surface area contributed by atoms with Crippen LogP contribution in [0, 0.1) is 6.92 Å². The topological polar surface area (TPSA) is 41.9 Å². The van der Waals surface area contributed by atoms with Gasteiger partial charge in [0, 0.05) is 24.7 Å². The Labute approximate surface area is 115 Å². The quantitative estimate of drug-likeness (QED) is 0.681. The van der Waals surface area contributed by atoms with Crippen LogP contribution in [0.2, 0.25) is 0 Å². The lowest BCUT2D eigenvalue weighted by molar-refractivity contribution is 0.941. The summed E-state index contributed by atoms with van der Waals surface area (Å²) < 4.78 is 1.18. The lowest BCUT2D eigenvalue weighted by Crippen LogP contribution is -2.18. The van der Waals surface area contributed by atoms with Crippen LogP contribution in [0.5, 0.6) is 0 Å². The number of thiophene rings is 1. The van der Waals surface area contributed by atoms with Crippen LogP contribution in [0.3, 0.4) is 0 Å². The predicted octanol–water partition coefficient (Wildman–Crippen LogP) is 3.15. The summed E-state index contributed by atoms with van der Waals surface area (Å²) in [5, 5.41) is 1.16. The van der Waals surface area contributed by atoms with Gasteiger partial charge >= 0.3 is 0 Å². The first-order valence-electron chi connectivity index (χ1n) is 6.58. The minimum atomic E-state index is 1.05. The van der Waals surface area contributed by atoms with E-state index in [0.29, 0.717) is 0 Å². The number of aromatic nitrogens is 3. The fraction of sp³-hybridized carbons (Fsp3) is 0.357. The second-order valence-electron chi connectivity index (χ2n) is 5.04. The second kappa shape index (κ2) is 4.13. The third-order valence-electron chi connectivity index (χ3n) is 3.63. The van der Waals surface area contributed by atoms with Gasteiger partial charge in [0.05, 0.1) is 10.2 Å². The zero-order valence-electron chi connectivity index (χ0n) is 10.8. The summed E-state index contributed by atoms with van der Waals surface area (Å²) in [6, 6.07) is 2.17. The molecule has 1 aliphatic heterocycles. The molecule has 0 radical (unpaired) electrons. The van der Waals surface area contributed by atoms with E-state index in [9.17, 15) is 0 Å². The standard InChI is InChI=1S/C14H14N4S/c1-9-6-10-11-12(19-14(10)15-7-9)13(17-8-16-11)18-4-2-3-5-18/h6-8H,2-5H2,1H3. The number of nitrogens with zero attached hydrogens (tertiary/aromatic N) is 4. The van der Waals surface area contributed by atoms with Gasteiger partial charge in [-0.25, -0.2) is 15.0 Å². The molecule has 4 heterocycles. The summed E-state index contributed by atoms with van der Waals surface area (Å²) in [6.45, 7) is 4.28. The van der Waals surface area contributed by atoms with E-state index in [1.54, 1.807) is 17.7 Å². The predicted molar refractivity (Wildman–Crippen MR) is 78.9 cm³/mol. The third kappa shape index (κ3) is 1.69. The second-order valence-corrected chi connectivity index (χ2v) is 6.04. The highest BCUT2D eigenvalue weighted by molar-refractivity contribution is 7.25. The first-order chi connectivity index (χ1) is 9.33. The number of pyridine rings is 1. The van der Waals surface area contributed by atoms with E-state index < -0.39 is 0 Å². The van der Waals surface area contributed by atoms with Crippen molar-refractivity contribution in [3.05, 3.63) is 24.2 Å². The average molecular weight is 270 g/mol. The van der Waals surface area contributed by atoms with Crippen molar-refractivity contribution in [2.75, 3.05) is 18.0 Å². The fourth-order valence-corrected chi connectivity index (χ4v) is 3.81. The molecule has 0 amide bonds. The Morgan fingerprint density at radius 2 is 2.00 bits per heavy atom. The zero-order valence-corrected chi connectivity index (χ0v) is 11.6. The van der Waals surface area contributed by atoms with E-state index >= 15 is 0 Å². The maximum absolute atomic E-state index is 4.52. The summed E-state index contributed by atoms with van der Waals surface area (Å²) in [6.07, 6.45) is 6.12. The summed E-state index contributed by atoms with van der Waals surface area (Å²) in [4.78, 5) is 16.9. The molecule has 1 aliphatic rings. The van der Waals surface area contributed by atoms with Crippen molar-refractivity contribution < 1.29 is 0 Å². The van der Waals surface area contributed by atoms with Crippen molar-refractivity contribution in [2.45, 2.75) is 19.8 Å². The Morgan fingerprint density at radius 1 is 1.16 bits per heavy atom. The van der Waals surface area contributed by atoms with Gasteiger partial charge in [0.25, 0.3) is 0 Å². The number of fused-ring (bicyclic) bond motifs is 3.